The van der Waals surface area contributed by atoms with Gasteiger partial charge < -0.3 is 10.1 Å². The molecular weight excluding hydrogens is 400 g/mol. The maximum atomic E-state index is 12.8. The van der Waals surface area contributed by atoms with Gasteiger partial charge in [-0.1, -0.05) is 61.1 Å². The van der Waals surface area contributed by atoms with Crippen molar-refractivity contribution in [2.24, 2.45) is 5.92 Å². The molecule has 0 spiro atoms. The highest BCUT2D eigenvalue weighted by atomic mass is 32.1. The van der Waals surface area contributed by atoms with Crippen LogP contribution in [0.5, 0.6) is 5.75 Å². The van der Waals surface area contributed by atoms with E-state index in [0.717, 1.165) is 11.1 Å². The fraction of sp³-hybridized carbons (Fsp3) is 0.273. The molecule has 3 rings (SSSR count). The molecule has 0 aliphatic heterocycles. The van der Waals surface area contributed by atoms with Crippen molar-refractivity contribution in [2.75, 3.05) is 12.4 Å². The number of aryl methyl sites for hydroxylation is 1. The van der Waals surface area contributed by atoms with Gasteiger partial charge in [-0.3, -0.25) is 14.9 Å². The minimum atomic E-state index is -0.726. The van der Waals surface area contributed by atoms with E-state index in [1.807, 2.05) is 45.0 Å². The molecule has 2 aromatic carbocycles. The van der Waals surface area contributed by atoms with Crippen molar-refractivity contribution in [2.45, 2.75) is 26.8 Å². The van der Waals surface area contributed by atoms with Crippen LogP contribution < -0.4 is 15.4 Å². The Morgan fingerprint density at radius 3 is 2.47 bits per heavy atom. The Kier molecular flexibility index (Phi) is 6.79. The van der Waals surface area contributed by atoms with Gasteiger partial charge in [0.1, 0.15) is 16.8 Å². The molecule has 30 heavy (non-hydrogen) atoms. The Morgan fingerprint density at radius 1 is 1.07 bits per heavy atom. The Balaban J connectivity index is 1.70. The zero-order valence-corrected chi connectivity index (χ0v) is 18.1. The maximum absolute atomic E-state index is 12.8. The number of hydrogen-bond donors (Lipinski definition) is 2. The minimum absolute atomic E-state index is 0.121. The van der Waals surface area contributed by atoms with E-state index in [2.05, 4.69) is 20.8 Å². The molecule has 156 valence electrons. The number of nitrogens with zero attached hydrogens (tertiary/aromatic N) is 2. The Hall–Kier alpha value is -3.26. The second-order valence-electron chi connectivity index (χ2n) is 7.19. The lowest BCUT2D eigenvalue weighted by molar-refractivity contribution is -0.118. The number of methoxy groups -OCH3 is 1. The number of benzene rings is 2. The second kappa shape index (κ2) is 9.49. The molecule has 0 saturated heterocycles. The van der Waals surface area contributed by atoms with Gasteiger partial charge in [-0.2, -0.15) is 0 Å². The van der Waals surface area contributed by atoms with Crippen molar-refractivity contribution >= 4 is 28.3 Å². The van der Waals surface area contributed by atoms with Crippen molar-refractivity contribution in [3.63, 3.8) is 0 Å². The molecule has 7 nitrogen and oxygen atoms in total. The van der Waals surface area contributed by atoms with Crippen LogP contribution in [-0.2, 0) is 4.79 Å². The number of nitrogens with one attached hydrogen (secondary N) is 2. The average molecular weight is 425 g/mol. The SMILES string of the molecule is COc1cccc(C(=O)NC(C(=O)Nc2nnc(-c3ccc(C)cc3)s2)C(C)C)c1. The molecule has 2 N–H and O–H groups in total. The fourth-order valence-corrected chi connectivity index (χ4v) is 3.55. The summed E-state index contributed by atoms with van der Waals surface area (Å²) in [5, 5.41) is 14.9. The van der Waals surface area contributed by atoms with Crippen LogP contribution >= 0.6 is 11.3 Å². The van der Waals surface area contributed by atoms with Gasteiger partial charge in [0.05, 0.1) is 7.11 Å². The summed E-state index contributed by atoms with van der Waals surface area (Å²) in [4.78, 5) is 25.5. The lowest BCUT2D eigenvalue weighted by atomic mass is 10.0. The molecule has 0 aliphatic carbocycles. The molecule has 0 aliphatic rings. The summed E-state index contributed by atoms with van der Waals surface area (Å²) < 4.78 is 5.16. The van der Waals surface area contributed by atoms with Crippen LogP contribution in [0.3, 0.4) is 0 Å². The van der Waals surface area contributed by atoms with Gasteiger partial charge in [0.25, 0.3) is 5.91 Å². The number of amides is 2. The van der Waals surface area contributed by atoms with Crippen molar-refractivity contribution in [3.05, 3.63) is 59.7 Å². The highest BCUT2D eigenvalue weighted by Gasteiger charge is 2.26. The zero-order chi connectivity index (χ0) is 21.7. The van der Waals surface area contributed by atoms with E-state index in [9.17, 15) is 9.59 Å². The fourth-order valence-electron chi connectivity index (χ4n) is 2.79. The summed E-state index contributed by atoms with van der Waals surface area (Å²) in [5.41, 5.74) is 2.51. The van der Waals surface area contributed by atoms with E-state index in [4.69, 9.17) is 4.74 Å². The Bertz CT molecular complexity index is 1030. The number of aromatic nitrogens is 2. The molecule has 1 atom stereocenters. The van der Waals surface area contributed by atoms with Gasteiger partial charge in [0.2, 0.25) is 11.0 Å². The third kappa shape index (κ3) is 5.21. The summed E-state index contributed by atoms with van der Waals surface area (Å²) in [7, 11) is 1.54. The highest BCUT2D eigenvalue weighted by Crippen LogP contribution is 2.26. The molecule has 2 amide bonds. The molecular formula is C22H24N4O3S. The summed E-state index contributed by atoms with van der Waals surface area (Å²) in [5.74, 6) is -0.233. The van der Waals surface area contributed by atoms with E-state index >= 15 is 0 Å². The summed E-state index contributed by atoms with van der Waals surface area (Å²) in [6.45, 7) is 5.75. The quantitative estimate of drug-likeness (QED) is 0.600. The first kappa shape index (κ1) is 21.4. The number of carbonyl (C=O) groups excluding carboxylic acids is 2. The van der Waals surface area contributed by atoms with Crippen LogP contribution in [0.1, 0.15) is 29.8 Å². The van der Waals surface area contributed by atoms with E-state index in [1.54, 1.807) is 24.3 Å². The predicted molar refractivity (Wildman–Crippen MR) is 118 cm³/mol. The number of rotatable bonds is 7. The minimum Gasteiger partial charge on any atom is -0.497 e. The Morgan fingerprint density at radius 2 is 1.80 bits per heavy atom. The third-order valence-electron chi connectivity index (χ3n) is 4.52. The van der Waals surface area contributed by atoms with Gasteiger partial charge in [-0.25, -0.2) is 0 Å². The van der Waals surface area contributed by atoms with Gasteiger partial charge in [-0.15, -0.1) is 10.2 Å². The highest BCUT2D eigenvalue weighted by molar-refractivity contribution is 7.18. The first-order valence-electron chi connectivity index (χ1n) is 9.53. The van der Waals surface area contributed by atoms with Crippen molar-refractivity contribution < 1.29 is 14.3 Å². The van der Waals surface area contributed by atoms with Gasteiger partial charge >= 0.3 is 0 Å². The van der Waals surface area contributed by atoms with Crippen molar-refractivity contribution in [1.82, 2.24) is 15.5 Å². The number of ether oxygens (including phenoxy) is 1. The van der Waals surface area contributed by atoms with Gasteiger partial charge in [0.15, 0.2) is 0 Å². The van der Waals surface area contributed by atoms with E-state index < -0.39 is 6.04 Å². The second-order valence-corrected chi connectivity index (χ2v) is 8.17. The van der Waals surface area contributed by atoms with E-state index in [0.29, 0.717) is 21.5 Å². The molecule has 0 fully saturated rings. The standard InChI is InChI=1S/C22H24N4O3S/c1-13(2)18(23-19(27)16-6-5-7-17(12-16)29-4)20(28)24-22-26-25-21(30-22)15-10-8-14(3)9-11-15/h5-13,18H,1-4H3,(H,23,27)(H,24,26,28). The average Bonchev–Trinajstić information content (AvgIpc) is 3.20. The molecule has 3 aromatic rings. The van der Waals surface area contributed by atoms with Crippen molar-refractivity contribution in [3.8, 4) is 16.3 Å². The van der Waals surface area contributed by atoms with E-state index in [-0.39, 0.29) is 17.7 Å². The van der Waals surface area contributed by atoms with E-state index in [1.165, 1.54) is 18.4 Å². The molecule has 1 unspecified atom stereocenters. The molecule has 8 heteroatoms. The first-order chi connectivity index (χ1) is 14.4. The lowest BCUT2D eigenvalue weighted by Crippen LogP contribution is -2.47. The third-order valence-corrected chi connectivity index (χ3v) is 5.41. The summed E-state index contributed by atoms with van der Waals surface area (Å²) in [6.07, 6.45) is 0. The number of hydrogen-bond acceptors (Lipinski definition) is 6. The normalized spacial score (nSPS) is 11.8. The Labute approximate surface area is 179 Å². The lowest BCUT2D eigenvalue weighted by Gasteiger charge is -2.21. The molecule has 1 aromatic heterocycles. The summed E-state index contributed by atoms with van der Waals surface area (Å²) in [6, 6.07) is 14.0. The monoisotopic (exact) mass is 424 g/mol. The summed E-state index contributed by atoms with van der Waals surface area (Å²) >= 11 is 1.29. The number of carbonyl (C=O) groups is 2. The van der Waals surface area contributed by atoms with Crippen LogP contribution in [0.15, 0.2) is 48.5 Å². The zero-order valence-electron chi connectivity index (χ0n) is 17.3. The van der Waals surface area contributed by atoms with Crippen molar-refractivity contribution in [1.29, 1.82) is 0 Å². The van der Waals surface area contributed by atoms with Crippen LogP contribution in [0.2, 0.25) is 0 Å². The molecule has 0 radical (unpaired) electrons. The van der Waals surface area contributed by atoms with Crippen LogP contribution in [0.4, 0.5) is 5.13 Å². The smallest absolute Gasteiger partial charge is 0.252 e. The first-order valence-corrected chi connectivity index (χ1v) is 10.4. The largest absolute Gasteiger partial charge is 0.497 e. The van der Waals surface area contributed by atoms with Crippen LogP contribution in [0.25, 0.3) is 10.6 Å². The number of anilines is 1. The van der Waals surface area contributed by atoms with Crippen LogP contribution in [0, 0.1) is 12.8 Å². The van der Waals surface area contributed by atoms with Gasteiger partial charge in [-0.05, 0) is 31.0 Å². The predicted octanol–water partition coefficient (Wildman–Crippen LogP) is 3.92. The molecule has 1 heterocycles. The molecule has 0 saturated carbocycles. The van der Waals surface area contributed by atoms with Crippen LogP contribution in [-0.4, -0.2) is 35.2 Å². The van der Waals surface area contributed by atoms with Gasteiger partial charge in [0, 0.05) is 11.1 Å². The molecule has 0 bridgehead atoms. The maximum Gasteiger partial charge on any atom is 0.252 e. The topological polar surface area (TPSA) is 93.2 Å².